The molecule has 108 valence electrons. The number of hydrogen-bond donors (Lipinski definition) is 2. The number of halogens is 6. The van der Waals surface area contributed by atoms with Crippen LogP contribution in [-0.2, 0) is 12.4 Å². The molecule has 0 heterocycles. The number of aliphatic hydroxyl groups excluding tert-OH is 1. The minimum atomic E-state index is -5.01. The van der Waals surface area contributed by atoms with E-state index in [1.807, 2.05) is 0 Å². The van der Waals surface area contributed by atoms with E-state index < -0.39 is 41.2 Å². The van der Waals surface area contributed by atoms with Crippen molar-refractivity contribution in [2.75, 3.05) is 0 Å². The Labute approximate surface area is 104 Å². The van der Waals surface area contributed by atoms with Crippen LogP contribution in [0.4, 0.5) is 26.3 Å². The Kier molecular flexibility index (Phi) is 4.16. The van der Waals surface area contributed by atoms with Crippen LogP contribution < -0.4 is 5.73 Å². The molecule has 0 aliphatic carbocycles. The average Bonchev–Trinajstić information content (AvgIpc) is 2.24. The average molecular weight is 287 g/mol. The van der Waals surface area contributed by atoms with Crippen LogP contribution in [0, 0.1) is 0 Å². The molecular formula is C11H11F6NO. The van der Waals surface area contributed by atoms with E-state index in [0.29, 0.717) is 18.2 Å². The van der Waals surface area contributed by atoms with Gasteiger partial charge in [0.1, 0.15) is 0 Å². The molecule has 2 atom stereocenters. The van der Waals surface area contributed by atoms with Crippen molar-refractivity contribution in [3.8, 4) is 0 Å². The summed E-state index contributed by atoms with van der Waals surface area (Å²) in [4.78, 5) is 0. The van der Waals surface area contributed by atoms with Crippen molar-refractivity contribution in [2.45, 2.75) is 31.4 Å². The largest absolute Gasteiger partial charge is 0.416 e. The van der Waals surface area contributed by atoms with Crippen LogP contribution in [0.5, 0.6) is 0 Å². The van der Waals surface area contributed by atoms with E-state index in [2.05, 4.69) is 0 Å². The predicted molar refractivity (Wildman–Crippen MR) is 55.1 cm³/mol. The van der Waals surface area contributed by atoms with Gasteiger partial charge in [0.2, 0.25) is 0 Å². The Bertz CT molecular complexity index is 419. The molecule has 0 aliphatic heterocycles. The van der Waals surface area contributed by atoms with Gasteiger partial charge in [0.15, 0.2) is 0 Å². The van der Waals surface area contributed by atoms with Gasteiger partial charge in [-0.25, -0.2) is 0 Å². The first kappa shape index (κ1) is 15.8. The quantitative estimate of drug-likeness (QED) is 0.821. The first-order valence-corrected chi connectivity index (χ1v) is 5.17. The molecule has 0 saturated heterocycles. The molecule has 1 rings (SSSR count). The molecule has 0 fully saturated rings. The highest BCUT2D eigenvalue weighted by Gasteiger charge is 2.42. The van der Waals surface area contributed by atoms with Gasteiger partial charge in [-0.2, -0.15) is 26.3 Å². The molecule has 19 heavy (non-hydrogen) atoms. The Hall–Kier alpha value is -1.28. The fraction of sp³-hybridized carbons (Fsp3) is 0.455. The summed E-state index contributed by atoms with van der Waals surface area (Å²) < 4.78 is 76.3. The summed E-state index contributed by atoms with van der Waals surface area (Å²) in [6.07, 6.45) is -12.1. The van der Waals surface area contributed by atoms with Crippen LogP contribution in [0.15, 0.2) is 18.2 Å². The maximum absolute atomic E-state index is 12.7. The molecule has 3 N–H and O–H groups in total. The van der Waals surface area contributed by atoms with Crippen molar-refractivity contribution in [1.82, 2.24) is 0 Å². The molecular weight excluding hydrogens is 276 g/mol. The maximum atomic E-state index is 12.7. The van der Waals surface area contributed by atoms with Gasteiger partial charge >= 0.3 is 12.4 Å². The Morgan fingerprint density at radius 2 is 1.37 bits per heavy atom. The normalized spacial score (nSPS) is 16.3. The Morgan fingerprint density at radius 1 is 1.00 bits per heavy atom. The first-order valence-electron chi connectivity index (χ1n) is 5.17. The predicted octanol–water partition coefficient (Wildman–Crippen LogP) is 3.10. The summed E-state index contributed by atoms with van der Waals surface area (Å²) in [6, 6.07) is 0.333. The second-order valence-corrected chi connectivity index (χ2v) is 4.07. The monoisotopic (exact) mass is 287 g/mol. The van der Waals surface area contributed by atoms with E-state index in [9.17, 15) is 31.4 Å². The molecule has 0 spiro atoms. The SMILES string of the molecule is C[C@@H](N)[C@@H](O)c1c(C(F)(F)F)cccc1C(F)(F)F. The van der Waals surface area contributed by atoms with E-state index in [1.165, 1.54) is 0 Å². The minimum absolute atomic E-state index is 0.482. The summed E-state index contributed by atoms with van der Waals surface area (Å²) in [5, 5.41) is 9.56. The van der Waals surface area contributed by atoms with Crippen molar-refractivity contribution in [1.29, 1.82) is 0 Å². The minimum Gasteiger partial charge on any atom is -0.387 e. The molecule has 0 aliphatic rings. The van der Waals surface area contributed by atoms with E-state index >= 15 is 0 Å². The second-order valence-electron chi connectivity index (χ2n) is 4.07. The van der Waals surface area contributed by atoms with Crippen molar-refractivity contribution in [3.05, 3.63) is 34.9 Å². The zero-order valence-corrected chi connectivity index (χ0v) is 9.68. The highest BCUT2D eigenvalue weighted by molar-refractivity contribution is 5.41. The lowest BCUT2D eigenvalue weighted by Crippen LogP contribution is -2.29. The zero-order valence-electron chi connectivity index (χ0n) is 9.68. The number of rotatable bonds is 2. The molecule has 8 heteroatoms. The van der Waals surface area contributed by atoms with Crippen molar-refractivity contribution in [3.63, 3.8) is 0 Å². The van der Waals surface area contributed by atoms with Gasteiger partial charge in [-0.05, 0) is 19.1 Å². The number of alkyl halides is 6. The Balaban J connectivity index is 3.60. The van der Waals surface area contributed by atoms with Crippen molar-refractivity contribution in [2.24, 2.45) is 5.73 Å². The standard InChI is InChI=1S/C11H11F6NO/c1-5(18)9(19)8-6(10(12,13)14)3-2-4-7(8)11(15,16)17/h2-5,9,19H,18H2,1H3/t5-,9-/m1/s1. The first-order chi connectivity index (χ1) is 8.46. The lowest BCUT2D eigenvalue weighted by Gasteiger charge is -2.24. The molecule has 0 saturated carbocycles. The van der Waals surface area contributed by atoms with Gasteiger partial charge in [-0.3, -0.25) is 0 Å². The van der Waals surface area contributed by atoms with Crippen LogP contribution in [0.25, 0.3) is 0 Å². The van der Waals surface area contributed by atoms with Gasteiger partial charge < -0.3 is 10.8 Å². The lowest BCUT2D eigenvalue weighted by atomic mass is 9.92. The fourth-order valence-electron chi connectivity index (χ4n) is 1.64. The highest BCUT2D eigenvalue weighted by Crippen LogP contribution is 2.42. The summed E-state index contributed by atoms with van der Waals surface area (Å²) >= 11 is 0. The third-order valence-electron chi connectivity index (χ3n) is 2.51. The molecule has 1 aromatic rings. The number of nitrogens with two attached hydrogens (primary N) is 1. The molecule has 0 aromatic heterocycles. The van der Waals surface area contributed by atoms with Gasteiger partial charge in [-0.15, -0.1) is 0 Å². The second kappa shape index (κ2) is 5.01. The highest BCUT2D eigenvalue weighted by atomic mass is 19.4. The molecule has 0 bridgehead atoms. The molecule has 1 aromatic carbocycles. The topological polar surface area (TPSA) is 46.2 Å². The van der Waals surface area contributed by atoms with Gasteiger partial charge in [0, 0.05) is 11.6 Å². The molecule has 0 unspecified atom stereocenters. The number of aliphatic hydroxyl groups is 1. The zero-order chi connectivity index (χ0) is 15.0. The summed E-state index contributed by atoms with van der Waals surface area (Å²) in [6.45, 7) is 1.12. The summed E-state index contributed by atoms with van der Waals surface area (Å²) in [5.74, 6) is 0. The Morgan fingerprint density at radius 3 is 1.63 bits per heavy atom. The van der Waals surface area contributed by atoms with Gasteiger partial charge in [0.05, 0.1) is 17.2 Å². The number of benzene rings is 1. The lowest BCUT2D eigenvalue weighted by molar-refractivity contribution is -0.146. The fourth-order valence-corrected chi connectivity index (χ4v) is 1.64. The van der Waals surface area contributed by atoms with Gasteiger partial charge in [-0.1, -0.05) is 6.07 Å². The van der Waals surface area contributed by atoms with Crippen molar-refractivity contribution >= 4 is 0 Å². The molecule has 2 nitrogen and oxygen atoms in total. The summed E-state index contributed by atoms with van der Waals surface area (Å²) in [7, 11) is 0. The van der Waals surface area contributed by atoms with E-state index in [-0.39, 0.29) is 0 Å². The van der Waals surface area contributed by atoms with Crippen LogP contribution in [-0.4, -0.2) is 11.1 Å². The molecule has 0 radical (unpaired) electrons. The third kappa shape index (κ3) is 3.38. The van der Waals surface area contributed by atoms with Crippen molar-refractivity contribution < 1.29 is 31.4 Å². The third-order valence-corrected chi connectivity index (χ3v) is 2.51. The molecule has 0 amide bonds. The van der Waals surface area contributed by atoms with E-state index in [1.54, 1.807) is 0 Å². The van der Waals surface area contributed by atoms with Gasteiger partial charge in [0.25, 0.3) is 0 Å². The van der Waals surface area contributed by atoms with Crippen LogP contribution in [0.3, 0.4) is 0 Å². The van der Waals surface area contributed by atoms with Crippen LogP contribution in [0.2, 0.25) is 0 Å². The number of hydrogen-bond acceptors (Lipinski definition) is 2. The smallest absolute Gasteiger partial charge is 0.387 e. The van der Waals surface area contributed by atoms with Crippen LogP contribution >= 0.6 is 0 Å². The van der Waals surface area contributed by atoms with E-state index in [4.69, 9.17) is 5.73 Å². The maximum Gasteiger partial charge on any atom is 0.416 e. The van der Waals surface area contributed by atoms with E-state index in [0.717, 1.165) is 6.92 Å². The summed E-state index contributed by atoms with van der Waals surface area (Å²) in [5.41, 5.74) is 0.899. The van der Waals surface area contributed by atoms with Crippen LogP contribution in [0.1, 0.15) is 29.7 Å².